The van der Waals surface area contributed by atoms with Crippen LogP contribution in [0.15, 0.2) is 54.6 Å². The summed E-state index contributed by atoms with van der Waals surface area (Å²) in [6.45, 7) is 0. The molecule has 3 aromatic rings. The molecule has 4 rings (SSSR count). The molecule has 0 saturated carbocycles. The van der Waals surface area contributed by atoms with Crippen molar-refractivity contribution in [1.29, 1.82) is 0 Å². The maximum absolute atomic E-state index is 14.2. The van der Waals surface area contributed by atoms with Gasteiger partial charge in [-0.1, -0.05) is 48.5 Å². The van der Waals surface area contributed by atoms with Gasteiger partial charge in [0, 0.05) is 17.7 Å². The molecule has 1 heterocycles. The predicted octanol–water partition coefficient (Wildman–Crippen LogP) is 4.59. The van der Waals surface area contributed by atoms with E-state index in [1.54, 1.807) is 6.07 Å². The third kappa shape index (κ3) is 2.18. The summed E-state index contributed by atoms with van der Waals surface area (Å²) >= 11 is 0. The summed E-state index contributed by atoms with van der Waals surface area (Å²) in [5, 5.41) is 4.78. The molecule has 23 heavy (non-hydrogen) atoms. The Morgan fingerprint density at radius 2 is 1.74 bits per heavy atom. The van der Waals surface area contributed by atoms with E-state index in [4.69, 9.17) is 0 Å². The van der Waals surface area contributed by atoms with Crippen LogP contribution in [0.2, 0.25) is 0 Å². The van der Waals surface area contributed by atoms with Gasteiger partial charge in [0.05, 0.1) is 5.69 Å². The van der Waals surface area contributed by atoms with E-state index in [9.17, 15) is 13.6 Å². The Bertz CT molecular complexity index is 936. The van der Waals surface area contributed by atoms with Crippen molar-refractivity contribution in [2.24, 2.45) is 0 Å². The van der Waals surface area contributed by atoms with E-state index in [2.05, 4.69) is 5.32 Å². The zero-order valence-electron chi connectivity index (χ0n) is 12.1. The second-order valence-corrected chi connectivity index (χ2v) is 5.70. The molecule has 4 heteroatoms. The van der Waals surface area contributed by atoms with E-state index in [-0.39, 0.29) is 17.9 Å². The maximum atomic E-state index is 14.2. The number of rotatable bonds is 1. The fraction of sp³-hybridized carbons (Fsp3) is 0.105. The lowest BCUT2D eigenvalue weighted by molar-refractivity contribution is -0.116. The topological polar surface area (TPSA) is 29.1 Å². The van der Waals surface area contributed by atoms with Crippen molar-refractivity contribution in [2.75, 3.05) is 5.32 Å². The molecule has 0 aromatic heterocycles. The molecular weight excluding hydrogens is 296 g/mol. The van der Waals surface area contributed by atoms with Crippen molar-refractivity contribution >= 4 is 22.4 Å². The number of carbonyl (C=O) groups excluding carboxylic acids is 1. The van der Waals surface area contributed by atoms with Crippen molar-refractivity contribution in [3.63, 3.8) is 0 Å². The number of benzene rings is 3. The van der Waals surface area contributed by atoms with Crippen LogP contribution in [0.25, 0.3) is 10.8 Å². The summed E-state index contributed by atoms with van der Waals surface area (Å²) in [4.78, 5) is 12.1. The molecule has 114 valence electrons. The zero-order chi connectivity index (χ0) is 16.0. The Labute approximate surface area is 131 Å². The first-order chi connectivity index (χ1) is 11.1. The highest BCUT2D eigenvalue weighted by Crippen LogP contribution is 2.41. The summed E-state index contributed by atoms with van der Waals surface area (Å²) in [5.74, 6) is -2.45. The van der Waals surface area contributed by atoms with Gasteiger partial charge < -0.3 is 5.32 Å². The molecular formula is C19H13F2NO. The van der Waals surface area contributed by atoms with E-state index in [0.717, 1.165) is 22.4 Å². The molecule has 1 N–H and O–H groups in total. The SMILES string of the molecule is O=C1CC(c2cccc(F)c2F)c2ccc3ccccc3c2N1. The van der Waals surface area contributed by atoms with Gasteiger partial charge in [0.25, 0.3) is 0 Å². The normalized spacial score (nSPS) is 17.0. The highest BCUT2D eigenvalue weighted by Gasteiger charge is 2.30. The van der Waals surface area contributed by atoms with Gasteiger partial charge >= 0.3 is 0 Å². The van der Waals surface area contributed by atoms with E-state index >= 15 is 0 Å². The zero-order valence-corrected chi connectivity index (χ0v) is 12.1. The summed E-state index contributed by atoms with van der Waals surface area (Å²) < 4.78 is 27.8. The van der Waals surface area contributed by atoms with Crippen LogP contribution < -0.4 is 5.32 Å². The van der Waals surface area contributed by atoms with Crippen LogP contribution >= 0.6 is 0 Å². The number of fused-ring (bicyclic) bond motifs is 3. The minimum atomic E-state index is -0.893. The number of hydrogen-bond acceptors (Lipinski definition) is 1. The van der Waals surface area contributed by atoms with Gasteiger partial charge in [-0.2, -0.15) is 0 Å². The number of amides is 1. The summed E-state index contributed by atoms with van der Waals surface area (Å²) in [7, 11) is 0. The van der Waals surface area contributed by atoms with Crippen LogP contribution in [0.1, 0.15) is 23.5 Å². The van der Waals surface area contributed by atoms with Gasteiger partial charge in [-0.25, -0.2) is 8.78 Å². The Hall–Kier alpha value is -2.75. The smallest absolute Gasteiger partial charge is 0.225 e. The average Bonchev–Trinajstić information content (AvgIpc) is 2.56. The molecule has 0 spiro atoms. The van der Waals surface area contributed by atoms with E-state index in [1.165, 1.54) is 6.07 Å². The largest absolute Gasteiger partial charge is 0.325 e. The molecule has 3 aromatic carbocycles. The Kier molecular flexibility index (Phi) is 3.11. The van der Waals surface area contributed by atoms with Crippen molar-refractivity contribution < 1.29 is 13.6 Å². The first kappa shape index (κ1) is 13.9. The van der Waals surface area contributed by atoms with E-state index < -0.39 is 17.6 Å². The lowest BCUT2D eigenvalue weighted by Gasteiger charge is -2.27. The van der Waals surface area contributed by atoms with Gasteiger partial charge in [0.1, 0.15) is 0 Å². The third-order valence-electron chi connectivity index (χ3n) is 4.35. The fourth-order valence-corrected chi connectivity index (χ4v) is 3.27. The Morgan fingerprint density at radius 1 is 0.913 bits per heavy atom. The average molecular weight is 309 g/mol. The number of anilines is 1. The molecule has 0 fully saturated rings. The van der Waals surface area contributed by atoms with Gasteiger partial charge in [-0.3, -0.25) is 4.79 Å². The number of nitrogens with one attached hydrogen (secondary N) is 1. The first-order valence-electron chi connectivity index (χ1n) is 7.40. The van der Waals surface area contributed by atoms with Gasteiger partial charge in [-0.15, -0.1) is 0 Å². The monoisotopic (exact) mass is 309 g/mol. The maximum Gasteiger partial charge on any atom is 0.225 e. The minimum Gasteiger partial charge on any atom is -0.325 e. The highest BCUT2D eigenvalue weighted by molar-refractivity contribution is 6.06. The van der Waals surface area contributed by atoms with Crippen LogP contribution in [0.4, 0.5) is 14.5 Å². The van der Waals surface area contributed by atoms with Crippen LogP contribution in [0.3, 0.4) is 0 Å². The van der Waals surface area contributed by atoms with Gasteiger partial charge in [-0.05, 0) is 22.6 Å². The molecule has 2 nitrogen and oxygen atoms in total. The fourth-order valence-electron chi connectivity index (χ4n) is 3.27. The second-order valence-electron chi connectivity index (χ2n) is 5.70. The quantitative estimate of drug-likeness (QED) is 0.700. The highest BCUT2D eigenvalue weighted by atomic mass is 19.2. The van der Waals surface area contributed by atoms with Crippen molar-refractivity contribution in [3.8, 4) is 0 Å². The van der Waals surface area contributed by atoms with Gasteiger partial charge in [0.2, 0.25) is 5.91 Å². The van der Waals surface area contributed by atoms with Crippen LogP contribution in [0.5, 0.6) is 0 Å². The van der Waals surface area contributed by atoms with Crippen molar-refractivity contribution in [3.05, 3.63) is 77.4 Å². The molecule has 1 amide bonds. The second kappa shape index (κ2) is 5.16. The number of halogens is 2. The lowest BCUT2D eigenvalue weighted by atomic mass is 9.83. The van der Waals surface area contributed by atoms with Crippen LogP contribution in [-0.2, 0) is 4.79 Å². The van der Waals surface area contributed by atoms with Crippen molar-refractivity contribution in [2.45, 2.75) is 12.3 Å². The predicted molar refractivity (Wildman–Crippen MR) is 85.4 cm³/mol. The standard InChI is InChI=1S/C19H13F2NO/c20-16-7-3-6-13(18(16)21)15-10-17(23)22-19-12-5-2-1-4-11(12)8-9-14(15)19/h1-9,15H,10H2,(H,22,23). The van der Waals surface area contributed by atoms with E-state index in [0.29, 0.717) is 5.69 Å². The molecule has 0 radical (unpaired) electrons. The summed E-state index contributed by atoms with van der Waals surface area (Å²) in [6, 6.07) is 15.6. The molecule has 0 aliphatic carbocycles. The molecule has 1 aliphatic rings. The molecule has 0 bridgehead atoms. The lowest BCUT2D eigenvalue weighted by Crippen LogP contribution is -2.24. The summed E-state index contributed by atoms with van der Waals surface area (Å²) in [5.41, 5.74) is 1.72. The Balaban J connectivity index is 1.97. The molecule has 1 atom stereocenters. The van der Waals surface area contributed by atoms with E-state index in [1.807, 2.05) is 36.4 Å². The van der Waals surface area contributed by atoms with Gasteiger partial charge in [0.15, 0.2) is 11.6 Å². The number of hydrogen-bond donors (Lipinski definition) is 1. The Morgan fingerprint density at radius 3 is 2.61 bits per heavy atom. The molecule has 1 unspecified atom stereocenters. The molecule has 1 aliphatic heterocycles. The summed E-state index contributed by atoms with van der Waals surface area (Å²) in [6.07, 6.45) is 0.103. The number of carbonyl (C=O) groups is 1. The van der Waals surface area contributed by atoms with Crippen LogP contribution in [-0.4, -0.2) is 5.91 Å². The first-order valence-corrected chi connectivity index (χ1v) is 7.40. The van der Waals surface area contributed by atoms with Crippen molar-refractivity contribution in [1.82, 2.24) is 0 Å². The van der Waals surface area contributed by atoms with Crippen LogP contribution in [0, 0.1) is 11.6 Å². The minimum absolute atomic E-state index is 0.103. The third-order valence-corrected chi connectivity index (χ3v) is 4.35. The molecule has 0 saturated heterocycles.